The van der Waals surface area contributed by atoms with Crippen molar-refractivity contribution in [3.05, 3.63) is 70.9 Å². The number of nitrogens with one attached hydrogen (secondary N) is 2. The Bertz CT molecular complexity index is 1690. The van der Waals surface area contributed by atoms with E-state index in [0.29, 0.717) is 77.0 Å². The van der Waals surface area contributed by atoms with E-state index in [1.165, 1.54) is 0 Å². The number of para-hydroxylation sites is 1. The lowest BCUT2D eigenvalue weighted by atomic mass is 9.99. The van der Waals surface area contributed by atoms with Gasteiger partial charge < -0.3 is 24.6 Å². The third kappa shape index (κ3) is 5.59. The summed E-state index contributed by atoms with van der Waals surface area (Å²) in [5, 5.41) is 12.0. The van der Waals surface area contributed by atoms with E-state index in [-0.39, 0.29) is 23.7 Å². The SMILES string of the molecule is O=C(NC(Cc1ccc2[nH]ncc2c1)C(=O)N1CCC2(CC1)OCCO2)N1CCC(n2cc3ccccc3nc2=O)CC1. The predicted molar refractivity (Wildman–Crippen MR) is 158 cm³/mol. The van der Waals surface area contributed by atoms with Crippen LogP contribution < -0.4 is 11.0 Å². The van der Waals surface area contributed by atoms with Gasteiger partial charge in [-0.3, -0.25) is 14.5 Å². The molecule has 3 aliphatic rings. The van der Waals surface area contributed by atoms with Gasteiger partial charge in [0.25, 0.3) is 0 Å². The third-order valence-electron chi connectivity index (χ3n) is 8.99. The second-order valence-corrected chi connectivity index (χ2v) is 11.6. The van der Waals surface area contributed by atoms with E-state index in [0.717, 1.165) is 21.9 Å². The number of piperidine rings is 2. The standard InChI is InChI=1S/C31H35N7O5/c39-28(36-13-9-31(10-14-36)42-15-16-43-31)27(18-21-5-6-26-23(17-21)19-32-35-26)34-29(40)37-11-7-24(8-12-37)38-20-22-3-1-2-4-25(22)33-30(38)41/h1-6,17,19-20,24,27H,7-16,18H2,(H,32,35)(H,34,40). The molecule has 2 N–H and O–H groups in total. The molecule has 0 bridgehead atoms. The van der Waals surface area contributed by atoms with E-state index >= 15 is 0 Å². The Labute approximate surface area is 248 Å². The zero-order chi connectivity index (χ0) is 29.4. The first-order valence-electron chi connectivity index (χ1n) is 15.0. The van der Waals surface area contributed by atoms with E-state index in [4.69, 9.17) is 9.47 Å². The Kier molecular flexibility index (Phi) is 7.31. The molecule has 0 aliphatic carbocycles. The first-order valence-corrected chi connectivity index (χ1v) is 15.0. The number of benzene rings is 2. The number of ether oxygens (including phenoxy) is 2. The van der Waals surface area contributed by atoms with Crippen LogP contribution in [0.15, 0.2) is 59.7 Å². The minimum absolute atomic E-state index is 0.0477. The third-order valence-corrected chi connectivity index (χ3v) is 8.99. The van der Waals surface area contributed by atoms with Crippen molar-refractivity contribution in [1.29, 1.82) is 0 Å². The summed E-state index contributed by atoms with van der Waals surface area (Å²) in [6.07, 6.45) is 6.43. The fourth-order valence-electron chi connectivity index (χ4n) is 6.54. The average molecular weight is 586 g/mol. The van der Waals surface area contributed by atoms with Gasteiger partial charge in [0.15, 0.2) is 5.79 Å². The van der Waals surface area contributed by atoms with Gasteiger partial charge in [-0.15, -0.1) is 0 Å². The van der Waals surface area contributed by atoms with E-state index in [1.807, 2.05) is 53.6 Å². The van der Waals surface area contributed by atoms with Gasteiger partial charge in [0, 0.05) is 68.5 Å². The van der Waals surface area contributed by atoms with Crippen LogP contribution in [0.4, 0.5) is 4.79 Å². The highest BCUT2D eigenvalue weighted by atomic mass is 16.7. The van der Waals surface area contributed by atoms with E-state index in [2.05, 4.69) is 20.5 Å². The normalized spacial score (nSPS) is 19.7. The predicted octanol–water partition coefficient (Wildman–Crippen LogP) is 2.60. The number of H-pyrrole nitrogens is 1. The lowest BCUT2D eigenvalue weighted by molar-refractivity contribution is -0.187. The summed E-state index contributed by atoms with van der Waals surface area (Å²) < 4.78 is 13.4. The molecule has 43 heavy (non-hydrogen) atoms. The number of hydrogen-bond donors (Lipinski definition) is 2. The Balaban J connectivity index is 1.04. The van der Waals surface area contributed by atoms with Crippen LogP contribution >= 0.6 is 0 Å². The van der Waals surface area contributed by atoms with Crippen molar-refractivity contribution in [1.82, 2.24) is 34.9 Å². The highest BCUT2D eigenvalue weighted by Crippen LogP contribution is 2.31. The minimum atomic E-state index is -0.735. The maximum absolute atomic E-state index is 13.9. The van der Waals surface area contributed by atoms with Gasteiger partial charge in [-0.05, 0) is 36.6 Å². The van der Waals surface area contributed by atoms with Gasteiger partial charge in [-0.2, -0.15) is 10.1 Å². The van der Waals surface area contributed by atoms with Crippen molar-refractivity contribution in [3.8, 4) is 0 Å². The van der Waals surface area contributed by atoms with Crippen LogP contribution in [0.2, 0.25) is 0 Å². The number of urea groups is 1. The highest BCUT2D eigenvalue weighted by Gasteiger charge is 2.42. The molecule has 224 valence electrons. The lowest BCUT2D eigenvalue weighted by Gasteiger charge is -2.39. The number of aromatic nitrogens is 4. The molecule has 4 aromatic rings. The molecule has 2 aromatic carbocycles. The maximum Gasteiger partial charge on any atom is 0.348 e. The molecular formula is C31H35N7O5. The number of aromatic amines is 1. The van der Waals surface area contributed by atoms with Crippen LogP contribution in [-0.2, 0) is 20.7 Å². The molecule has 1 unspecified atom stereocenters. The smallest absolute Gasteiger partial charge is 0.347 e. The number of hydrogen-bond acceptors (Lipinski definition) is 7. The Morgan fingerprint density at radius 3 is 2.56 bits per heavy atom. The number of nitrogens with zero attached hydrogens (tertiary/aromatic N) is 5. The lowest BCUT2D eigenvalue weighted by Crippen LogP contribution is -2.57. The summed E-state index contributed by atoms with van der Waals surface area (Å²) in [5.74, 6) is -0.702. The zero-order valence-electron chi connectivity index (χ0n) is 23.9. The molecule has 3 saturated heterocycles. The average Bonchev–Trinajstić information content (AvgIpc) is 3.70. The van der Waals surface area contributed by atoms with E-state index in [1.54, 1.807) is 15.7 Å². The second kappa shape index (κ2) is 11.4. The molecule has 3 fully saturated rings. The van der Waals surface area contributed by atoms with Crippen LogP contribution in [-0.4, -0.2) is 92.7 Å². The maximum atomic E-state index is 13.9. The van der Waals surface area contributed by atoms with Crippen LogP contribution in [0.25, 0.3) is 21.8 Å². The Morgan fingerprint density at radius 1 is 1.00 bits per heavy atom. The van der Waals surface area contributed by atoms with Crippen molar-refractivity contribution in [2.45, 2.75) is 50.0 Å². The molecule has 3 amide bonds. The molecule has 1 spiro atoms. The fraction of sp³-hybridized carbons (Fsp3) is 0.452. The number of rotatable bonds is 5. The second-order valence-electron chi connectivity index (χ2n) is 11.6. The zero-order valence-corrected chi connectivity index (χ0v) is 23.9. The summed E-state index contributed by atoms with van der Waals surface area (Å²) in [4.78, 5) is 47.9. The number of fused-ring (bicyclic) bond motifs is 2. The molecule has 12 nitrogen and oxygen atoms in total. The van der Waals surface area contributed by atoms with Gasteiger partial charge in [-0.25, -0.2) is 9.59 Å². The van der Waals surface area contributed by atoms with Crippen LogP contribution in [0.3, 0.4) is 0 Å². The van der Waals surface area contributed by atoms with Gasteiger partial charge in [-0.1, -0.05) is 24.3 Å². The Hall–Kier alpha value is -4.29. The first kappa shape index (κ1) is 27.5. The monoisotopic (exact) mass is 585 g/mol. The van der Waals surface area contributed by atoms with Crippen molar-refractivity contribution < 1.29 is 19.1 Å². The molecule has 1 atom stereocenters. The number of carbonyl (C=O) groups is 2. The minimum Gasteiger partial charge on any atom is -0.347 e. The molecule has 7 rings (SSSR count). The van der Waals surface area contributed by atoms with Crippen LogP contribution in [0.1, 0.15) is 37.3 Å². The van der Waals surface area contributed by atoms with Gasteiger partial charge in [0.1, 0.15) is 6.04 Å². The number of carbonyl (C=O) groups excluding carboxylic acids is 2. The molecule has 0 saturated carbocycles. The first-order chi connectivity index (χ1) is 21.0. The fourth-order valence-corrected chi connectivity index (χ4v) is 6.54. The topological polar surface area (TPSA) is 135 Å². The van der Waals surface area contributed by atoms with E-state index in [9.17, 15) is 14.4 Å². The van der Waals surface area contributed by atoms with Crippen molar-refractivity contribution in [2.75, 3.05) is 39.4 Å². The molecule has 5 heterocycles. The van der Waals surface area contributed by atoms with Crippen molar-refractivity contribution in [2.24, 2.45) is 0 Å². The highest BCUT2D eigenvalue weighted by molar-refractivity contribution is 5.88. The molecule has 3 aliphatic heterocycles. The molecule has 12 heteroatoms. The quantitative estimate of drug-likeness (QED) is 0.368. The van der Waals surface area contributed by atoms with Crippen LogP contribution in [0.5, 0.6) is 0 Å². The van der Waals surface area contributed by atoms with Gasteiger partial charge >= 0.3 is 11.7 Å². The molecule has 2 aromatic heterocycles. The number of amides is 3. The van der Waals surface area contributed by atoms with E-state index < -0.39 is 11.8 Å². The van der Waals surface area contributed by atoms with Gasteiger partial charge in [0.05, 0.1) is 30.4 Å². The summed E-state index contributed by atoms with van der Waals surface area (Å²) in [6.45, 7) is 3.10. The summed E-state index contributed by atoms with van der Waals surface area (Å²) in [5.41, 5.74) is 2.25. The van der Waals surface area contributed by atoms with Crippen molar-refractivity contribution in [3.63, 3.8) is 0 Å². The molecular weight excluding hydrogens is 550 g/mol. The summed E-state index contributed by atoms with van der Waals surface area (Å²) in [7, 11) is 0. The largest absolute Gasteiger partial charge is 0.348 e. The summed E-state index contributed by atoms with van der Waals surface area (Å²) in [6, 6.07) is 12.4. The number of likely N-dealkylation sites (tertiary alicyclic amines) is 2. The Morgan fingerprint density at radius 2 is 1.77 bits per heavy atom. The molecule has 0 radical (unpaired) electrons. The summed E-state index contributed by atoms with van der Waals surface area (Å²) >= 11 is 0. The van der Waals surface area contributed by atoms with Crippen molar-refractivity contribution >= 4 is 33.7 Å². The van der Waals surface area contributed by atoms with Crippen LogP contribution in [0, 0.1) is 0 Å². The van der Waals surface area contributed by atoms with Gasteiger partial charge in [0.2, 0.25) is 5.91 Å².